The van der Waals surface area contributed by atoms with Crippen molar-refractivity contribution < 1.29 is 9.13 Å². The third-order valence-corrected chi connectivity index (χ3v) is 3.50. The van der Waals surface area contributed by atoms with Gasteiger partial charge in [-0.25, -0.2) is 9.37 Å². The summed E-state index contributed by atoms with van der Waals surface area (Å²) in [6, 6.07) is 18.3. The summed E-state index contributed by atoms with van der Waals surface area (Å²) in [7, 11) is 0. The Hall–Kier alpha value is -2.94. The molecule has 1 heterocycles. The first kappa shape index (κ1) is 15.0. The molecule has 0 saturated carbocycles. The molecule has 2 aromatic carbocycles. The van der Waals surface area contributed by atoms with Crippen LogP contribution in [0.1, 0.15) is 11.1 Å². The molecule has 3 aromatic rings. The van der Waals surface area contributed by atoms with Gasteiger partial charge in [0.2, 0.25) is 5.88 Å². The number of benzene rings is 2. The molecule has 114 valence electrons. The molecule has 0 fully saturated rings. The first-order chi connectivity index (χ1) is 11.3. The van der Waals surface area contributed by atoms with Crippen molar-refractivity contribution in [2.45, 2.75) is 6.61 Å². The van der Waals surface area contributed by atoms with Crippen LogP contribution < -0.4 is 4.74 Å². The Balaban J connectivity index is 1.76. The van der Waals surface area contributed by atoms with Gasteiger partial charge >= 0.3 is 0 Å². The molecule has 0 unspecified atom stereocenters. The van der Waals surface area contributed by atoms with Gasteiger partial charge < -0.3 is 4.74 Å². The topological polar surface area (TPSA) is 22.1 Å². The van der Waals surface area contributed by atoms with Crippen molar-refractivity contribution >= 4 is 6.08 Å². The predicted molar refractivity (Wildman–Crippen MR) is 90.5 cm³/mol. The molecule has 0 saturated heterocycles. The number of hydrogen-bond acceptors (Lipinski definition) is 2. The summed E-state index contributed by atoms with van der Waals surface area (Å²) in [4.78, 5) is 4.25. The summed E-state index contributed by atoms with van der Waals surface area (Å²) in [5.41, 5.74) is 3.15. The Bertz CT molecular complexity index is 798. The van der Waals surface area contributed by atoms with Crippen LogP contribution in [0.4, 0.5) is 4.39 Å². The molecule has 0 amide bonds. The molecule has 1 aromatic heterocycles. The smallest absolute Gasteiger partial charge is 0.213 e. The van der Waals surface area contributed by atoms with E-state index in [0.717, 1.165) is 11.1 Å². The molecule has 3 rings (SSSR count). The van der Waals surface area contributed by atoms with Gasteiger partial charge in [-0.3, -0.25) is 0 Å². The van der Waals surface area contributed by atoms with E-state index in [4.69, 9.17) is 4.74 Å². The lowest BCUT2D eigenvalue weighted by Crippen LogP contribution is -1.97. The SMILES string of the molecule is C=Cc1ccc(F)c(-c2ccc(OCc3ccccc3)nc2)c1. The van der Waals surface area contributed by atoms with E-state index in [0.29, 0.717) is 23.6 Å². The number of rotatable bonds is 5. The van der Waals surface area contributed by atoms with Crippen molar-refractivity contribution in [3.8, 4) is 17.0 Å². The number of halogens is 1. The maximum atomic E-state index is 14.0. The zero-order chi connectivity index (χ0) is 16.1. The molecule has 0 N–H and O–H groups in total. The second-order valence-electron chi connectivity index (χ2n) is 5.10. The maximum Gasteiger partial charge on any atom is 0.213 e. The highest BCUT2D eigenvalue weighted by Gasteiger charge is 2.07. The highest BCUT2D eigenvalue weighted by molar-refractivity contribution is 5.67. The number of nitrogens with zero attached hydrogens (tertiary/aromatic N) is 1. The van der Waals surface area contributed by atoms with Crippen LogP contribution in [-0.2, 0) is 6.61 Å². The minimum absolute atomic E-state index is 0.282. The first-order valence-electron chi connectivity index (χ1n) is 7.31. The summed E-state index contributed by atoms with van der Waals surface area (Å²) in [6.45, 7) is 4.16. The van der Waals surface area contributed by atoms with Crippen LogP contribution >= 0.6 is 0 Å². The molecule has 2 nitrogen and oxygen atoms in total. The zero-order valence-corrected chi connectivity index (χ0v) is 12.6. The van der Waals surface area contributed by atoms with Crippen LogP contribution in [0, 0.1) is 5.82 Å². The lowest BCUT2D eigenvalue weighted by molar-refractivity contribution is 0.294. The Morgan fingerprint density at radius 2 is 1.87 bits per heavy atom. The number of aromatic nitrogens is 1. The third-order valence-electron chi connectivity index (χ3n) is 3.50. The Morgan fingerprint density at radius 1 is 1.04 bits per heavy atom. The second kappa shape index (κ2) is 6.88. The van der Waals surface area contributed by atoms with Gasteiger partial charge in [0.25, 0.3) is 0 Å². The van der Waals surface area contributed by atoms with Gasteiger partial charge in [0.05, 0.1) is 0 Å². The van der Waals surface area contributed by atoms with E-state index in [1.807, 2.05) is 30.3 Å². The third kappa shape index (κ3) is 3.64. The van der Waals surface area contributed by atoms with Crippen molar-refractivity contribution in [2.24, 2.45) is 0 Å². The Kier molecular flexibility index (Phi) is 4.48. The van der Waals surface area contributed by atoms with E-state index >= 15 is 0 Å². The van der Waals surface area contributed by atoms with Gasteiger partial charge in [0.15, 0.2) is 0 Å². The molecular formula is C20H16FNO. The van der Waals surface area contributed by atoms with E-state index in [1.165, 1.54) is 6.07 Å². The van der Waals surface area contributed by atoms with E-state index in [1.54, 1.807) is 36.5 Å². The van der Waals surface area contributed by atoms with E-state index in [2.05, 4.69) is 11.6 Å². The van der Waals surface area contributed by atoms with Crippen LogP contribution in [0.5, 0.6) is 5.88 Å². The van der Waals surface area contributed by atoms with Crippen molar-refractivity contribution in [1.82, 2.24) is 4.98 Å². The van der Waals surface area contributed by atoms with Crippen molar-refractivity contribution in [3.63, 3.8) is 0 Å². The van der Waals surface area contributed by atoms with Gasteiger partial charge in [-0.1, -0.05) is 49.1 Å². The van der Waals surface area contributed by atoms with Gasteiger partial charge in [-0.2, -0.15) is 0 Å². The molecule has 0 aliphatic carbocycles. The lowest BCUT2D eigenvalue weighted by Gasteiger charge is -2.08. The molecule has 0 spiro atoms. The molecule has 0 atom stereocenters. The molecule has 0 aliphatic rings. The Morgan fingerprint density at radius 3 is 2.57 bits per heavy atom. The van der Waals surface area contributed by atoms with E-state index < -0.39 is 0 Å². The van der Waals surface area contributed by atoms with Crippen molar-refractivity contribution in [1.29, 1.82) is 0 Å². The first-order valence-corrected chi connectivity index (χ1v) is 7.31. The van der Waals surface area contributed by atoms with Crippen LogP contribution in [-0.4, -0.2) is 4.98 Å². The number of pyridine rings is 1. The van der Waals surface area contributed by atoms with Crippen molar-refractivity contribution in [3.05, 3.63) is 90.4 Å². The fourth-order valence-electron chi connectivity index (χ4n) is 2.25. The normalized spacial score (nSPS) is 10.3. The van der Waals surface area contributed by atoms with Gasteiger partial charge in [0.1, 0.15) is 12.4 Å². The molecule has 3 heteroatoms. The fourth-order valence-corrected chi connectivity index (χ4v) is 2.25. The molecule has 0 bridgehead atoms. The minimum atomic E-state index is -0.282. The van der Waals surface area contributed by atoms with Crippen molar-refractivity contribution in [2.75, 3.05) is 0 Å². The van der Waals surface area contributed by atoms with Gasteiger partial charge in [-0.05, 0) is 29.3 Å². The van der Waals surface area contributed by atoms with Crippen LogP contribution in [0.25, 0.3) is 17.2 Å². The van der Waals surface area contributed by atoms with Gasteiger partial charge in [-0.15, -0.1) is 0 Å². The predicted octanol–water partition coefficient (Wildman–Crippen LogP) is 5.11. The van der Waals surface area contributed by atoms with Crippen LogP contribution in [0.15, 0.2) is 73.4 Å². The zero-order valence-electron chi connectivity index (χ0n) is 12.6. The number of hydrogen-bond donors (Lipinski definition) is 0. The quantitative estimate of drug-likeness (QED) is 0.653. The minimum Gasteiger partial charge on any atom is -0.473 e. The average molecular weight is 305 g/mol. The van der Waals surface area contributed by atoms with E-state index in [-0.39, 0.29) is 5.82 Å². The second-order valence-corrected chi connectivity index (χ2v) is 5.10. The highest BCUT2D eigenvalue weighted by atomic mass is 19.1. The maximum absolute atomic E-state index is 14.0. The summed E-state index contributed by atoms with van der Waals surface area (Å²) >= 11 is 0. The summed E-state index contributed by atoms with van der Waals surface area (Å²) in [5.74, 6) is 0.230. The standard InChI is InChI=1S/C20H16FNO/c1-2-15-8-10-19(21)18(12-15)17-9-11-20(22-13-17)23-14-16-6-4-3-5-7-16/h2-13H,1,14H2. The molecular weight excluding hydrogens is 289 g/mol. The average Bonchev–Trinajstić information content (AvgIpc) is 2.62. The summed E-state index contributed by atoms with van der Waals surface area (Å²) in [5, 5.41) is 0. The monoisotopic (exact) mass is 305 g/mol. The lowest BCUT2D eigenvalue weighted by atomic mass is 10.0. The number of ether oxygens (including phenoxy) is 1. The van der Waals surface area contributed by atoms with Gasteiger partial charge in [0, 0.05) is 23.4 Å². The summed E-state index contributed by atoms with van der Waals surface area (Å²) in [6.07, 6.45) is 3.30. The largest absolute Gasteiger partial charge is 0.473 e. The Labute approximate surface area is 134 Å². The van der Waals surface area contributed by atoms with E-state index in [9.17, 15) is 4.39 Å². The fraction of sp³-hybridized carbons (Fsp3) is 0.0500. The van der Waals surface area contributed by atoms with Crippen LogP contribution in [0.2, 0.25) is 0 Å². The summed E-state index contributed by atoms with van der Waals surface area (Å²) < 4.78 is 19.6. The molecule has 23 heavy (non-hydrogen) atoms. The molecule has 0 radical (unpaired) electrons. The molecule has 0 aliphatic heterocycles. The van der Waals surface area contributed by atoms with Crippen LogP contribution in [0.3, 0.4) is 0 Å². The highest BCUT2D eigenvalue weighted by Crippen LogP contribution is 2.25.